The van der Waals surface area contributed by atoms with Crippen LogP contribution in [0.4, 0.5) is 0 Å². The van der Waals surface area contributed by atoms with Gasteiger partial charge in [-0.1, -0.05) is 0 Å². The van der Waals surface area contributed by atoms with E-state index in [1.165, 1.54) is 0 Å². The van der Waals surface area contributed by atoms with E-state index in [9.17, 15) is 5.11 Å². The molecule has 0 aliphatic rings. The Morgan fingerprint density at radius 2 is 2.00 bits per heavy atom. The summed E-state index contributed by atoms with van der Waals surface area (Å²) >= 11 is 0. The van der Waals surface area contributed by atoms with E-state index < -0.39 is 6.10 Å². The Hall–Kier alpha value is -2.20. The molecule has 24 heavy (non-hydrogen) atoms. The molecule has 2 aromatic rings. The average molecular weight is 327 g/mol. The van der Waals surface area contributed by atoms with Crippen molar-refractivity contribution in [3.63, 3.8) is 0 Å². The molecule has 0 amide bonds. The molecule has 0 fully saturated rings. The lowest BCUT2D eigenvalue weighted by molar-refractivity contribution is 0.132. The van der Waals surface area contributed by atoms with E-state index in [0.29, 0.717) is 18.7 Å². The molecule has 2 unspecified atom stereocenters. The highest BCUT2D eigenvalue weighted by atomic mass is 16.3. The number of aliphatic hydroxyl groups excluding tert-OH is 1. The molecule has 0 aliphatic carbocycles. The monoisotopic (exact) mass is 327 g/mol. The van der Waals surface area contributed by atoms with Crippen molar-refractivity contribution >= 4 is 0 Å². The van der Waals surface area contributed by atoms with Crippen molar-refractivity contribution in [1.29, 1.82) is 5.26 Å². The van der Waals surface area contributed by atoms with Crippen molar-refractivity contribution in [2.75, 3.05) is 27.2 Å². The molecular formula is C18H25N5O. The van der Waals surface area contributed by atoms with Crippen LogP contribution < -0.4 is 5.32 Å². The van der Waals surface area contributed by atoms with Crippen LogP contribution in [0.15, 0.2) is 30.5 Å². The van der Waals surface area contributed by atoms with Crippen LogP contribution in [0.2, 0.25) is 0 Å². The van der Waals surface area contributed by atoms with E-state index >= 15 is 0 Å². The van der Waals surface area contributed by atoms with E-state index in [1.807, 2.05) is 48.9 Å². The maximum absolute atomic E-state index is 9.97. The predicted molar refractivity (Wildman–Crippen MR) is 94.0 cm³/mol. The van der Waals surface area contributed by atoms with Gasteiger partial charge in [-0.2, -0.15) is 10.4 Å². The molecule has 1 aromatic heterocycles. The van der Waals surface area contributed by atoms with Crippen molar-refractivity contribution in [3.8, 4) is 11.8 Å². The molecule has 2 rings (SSSR count). The second-order valence-corrected chi connectivity index (χ2v) is 6.30. The van der Waals surface area contributed by atoms with Crippen molar-refractivity contribution in [3.05, 3.63) is 47.3 Å². The number of aromatic nitrogens is 2. The molecular weight excluding hydrogens is 302 g/mol. The maximum Gasteiger partial charge on any atom is 0.0991 e. The van der Waals surface area contributed by atoms with Crippen LogP contribution in [0, 0.1) is 18.3 Å². The van der Waals surface area contributed by atoms with Gasteiger partial charge in [0.05, 0.1) is 29.6 Å². The Balaban J connectivity index is 2.07. The first-order valence-electron chi connectivity index (χ1n) is 8.03. The summed E-state index contributed by atoms with van der Waals surface area (Å²) in [6.45, 7) is 5.24. The Morgan fingerprint density at radius 3 is 2.58 bits per heavy atom. The standard InChI is InChI=1S/C18H25N5O/c1-13(20-10-17(24)12-22(3)4)18-11-21-23(14(18)2)16-7-5-15(9-19)6-8-16/h5-8,11,13,17,20,24H,10,12H2,1-4H3. The Morgan fingerprint density at radius 1 is 1.33 bits per heavy atom. The van der Waals surface area contributed by atoms with Crippen LogP contribution in [0.1, 0.15) is 29.8 Å². The van der Waals surface area contributed by atoms with Crippen LogP contribution >= 0.6 is 0 Å². The van der Waals surface area contributed by atoms with E-state index in [2.05, 4.69) is 23.4 Å². The number of nitriles is 1. The number of hydrogen-bond acceptors (Lipinski definition) is 5. The summed E-state index contributed by atoms with van der Waals surface area (Å²) in [6, 6.07) is 9.56. The molecule has 0 spiro atoms. The summed E-state index contributed by atoms with van der Waals surface area (Å²) in [4.78, 5) is 1.96. The fourth-order valence-electron chi connectivity index (χ4n) is 2.69. The first-order chi connectivity index (χ1) is 11.4. The Kier molecular flexibility index (Phi) is 6.10. The van der Waals surface area contributed by atoms with Crippen LogP contribution in [-0.2, 0) is 0 Å². The lowest BCUT2D eigenvalue weighted by Gasteiger charge is -2.19. The van der Waals surface area contributed by atoms with Gasteiger partial charge in [0.15, 0.2) is 0 Å². The van der Waals surface area contributed by atoms with Crippen molar-refractivity contribution in [1.82, 2.24) is 20.0 Å². The molecule has 1 aromatic carbocycles. The summed E-state index contributed by atoms with van der Waals surface area (Å²) < 4.78 is 1.87. The average Bonchev–Trinajstić information content (AvgIpc) is 2.94. The van der Waals surface area contributed by atoms with Crippen LogP contribution in [0.5, 0.6) is 0 Å². The number of benzene rings is 1. The summed E-state index contributed by atoms with van der Waals surface area (Å²) in [5.74, 6) is 0. The SMILES string of the molecule is Cc1c(C(C)NCC(O)CN(C)C)cnn1-c1ccc(C#N)cc1. The van der Waals surface area contributed by atoms with Crippen molar-refractivity contribution < 1.29 is 5.11 Å². The Labute approximate surface area is 143 Å². The molecule has 0 bridgehead atoms. The topological polar surface area (TPSA) is 77.1 Å². The fraction of sp³-hybridized carbons (Fsp3) is 0.444. The first-order valence-corrected chi connectivity index (χ1v) is 8.03. The van der Waals surface area contributed by atoms with Gasteiger partial charge in [0, 0.05) is 30.4 Å². The van der Waals surface area contributed by atoms with Gasteiger partial charge in [-0.05, 0) is 52.2 Å². The molecule has 1 heterocycles. The number of likely N-dealkylation sites (N-methyl/N-ethyl adjacent to an activating group) is 1. The van der Waals surface area contributed by atoms with Crippen LogP contribution in [-0.4, -0.2) is 53.1 Å². The predicted octanol–water partition coefficient (Wildman–Crippen LogP) is 1.63. The highest BCUT2D eigenvalue weighted by Gasteiger charge is 2.15. The fourth-order valence-corrected chi connectivity index (χ4v) is 2.69. The van der Waals surface area contributed by atoms with Gasteiger partial charge in [0.25, 0.3) is 0 Å². The lowest BCUT2D eigenvalue weighted by atomic mass is 10.1. The Bertz CT molecular complexity index is 699. The van der Waals surface area contributed by atoms with Crippen LogP contribution in [0.25, 0.3) is 5.69 Å². The minimum absolute atomic E-state index is 0.0916. The zero-order valence-electron chi connectivity index (χ0n) is 14.7. The molecule has 0 radical (unpaired) electrons. The largest absolute Gasteiger partial charge is 0.390 e. The van der Waals surface area contributed by atoms with Crippen molar-refractivity contribution in [2.45, 2.75) is 26.0 Å². The summed E-state index contributed by atoms with van der Waals surface area (Å²) in [5.41, 5.74) is 3.70. The summed E-state index contributed by atoms with van der Waals surface area (Å²) in [7, 11) is 3.89. The maximum atomic E-state index is 9.97. The molecule has 128 valence electrons. The molecule has 2 atom stereocenters. The normalized spacial score (nSPS) is 13.7. The highest BCUT2D eigenvalue weighted by molar-refractivity contribution is 5.40. The minimum Gasteiger partial charge on any atom is -0.390 e. The third-order valence-electron chi connectivity index (χ3n) is 3.99. The van der Waals surface area contributed by atoms with Gasteiger partial charge in [0.1, 0.15) is 0 Å². The number of rotatable bonds is 7. The zero-order valence-corrected chi connectivity index (χ0v) is 14.7. The number of nitrogens with zero attached hydrogens (tertiary/aromatic N) is 4. The van der Waals surface area contributed by atoms with E-state index in [1.54, 1.807) is 12.1 Å². The van der Waals surface area contributed by atoms with Gasteiger partial charge >= 0.3 is 0 Å². The highest BCUT2D eigenvalue weighted by Crippen LogP contribution is 2.20. The van der Waals surface area contributed by atoms with E-state index in [0.717, 1.165) is 16.9 Å². The van der Waals surface area contributed by atoms with Gasteiger partial charge in [-0.25, -0.2) is 4.68 Å². The molecule has 6 nitrogen and oxygen atoms in total. The quantitative estimate of drug-likeness (QED) is 0.808. The summed E-state index contributed by atoms with van der Waals surface area (Å²) in [5, 5.41) is 26.7. The molecule has 0 aliphatic heterocycles. The third-order valence-corrected chi connectivity index (χ3v) is 3.99. The van der Waals surface area contributed by atoms with Gasteiger partial charge in [-0.15, -0.1) is 0 Å². The molecule has 2 N–H and O–H groups in total. The van der Waals surface area contributed by atoms with E-state index in [-0.39, 0.29) is 6.04 Å². The zero-order chi connectivity index (χ0) is 17.7. The first kappa shape index (κ1) is 18.1. The second-order valence-electron chi connectivity index (χ2n) is 6.30. The minimum atomic E-state index is -0.406. The van der Waals surface area contributed by atoms with Crippen molar-refractivity contribution in [2.24, 2.45) is 0 Å². The molecule has 0 saturated heterocycles. The third kappa shape index (κ3) is 4.42. The number of aliphatic hydroxyl groups is 1. The molecule has 0 saturated carbocycles. The van der Waals surface area contributed by atoms with Gasteiger partial charge in [-0.3, -0.25) is 0 Å². The second kappa shape index (κ2) is 8.06. The summed E-state index contributed by atoms with van der Waals surface area (Å²) in [6.07, 6.45) is 1.44. The van der Waals surface area contributed by atoms with Gasteiger partial charge < -0.3 is 15.3 Å². The lowest BCUT2D eigenvalue weighted by Crippen LogP contribution is -2.36. The van der Waals surface area contributed by atoms with Gasteiger partial charge in [0.2, 0.25) is 0 Å². The molecule has 6 heteroatoms. The smallest absolute Gasteiger partial charge is 0.0991 e. The number of hydrogen-bond donors (Lipinski definition) is 2. The van der Waals surface area contributed by atoms with E-state index in [4.69, 9.17) is 5.26 Å². The van der Waals surface area contributed by atoms with Crippen LogP contribution in [0.3, 0.4) is 0 Å². The number of nitrogens with one attached hydrogen (secondary N) is 1.